The summed E-state index contributed by atoms with van der Waals surface area (Å²) in [5.74, 6) is 2.63. The quantitative estimate of drug-likeness (QED) is 0.128. The summed E-state index contributed by atoms with van der Waals surface area (Å²) >= 11 is 0. The van der Waals surface area contributed by atoms with Gasteiger partial charge < -0.3 is 19.1 Å². The monoisotopic (exact) mass is 1220 g/mol. The van der Waals surface area contributed by atoms with Crippen molar-refractivity contribution in [1.29, 1.82) is 0 Å². The normalized spacial score (nSPS) is 13.5. The van der Waals surface area contributed by atoms with Crippen LogP contribution in [-0.2, 0) is 48.1 Å². The van der Waals surface area contributed by atoms with Crippen LogP contribution in [0.4, 0.5) is 22.7 Å². The summed E-state index contributed by atoms with van der Waals surface area (Å²) in [6.07, 6.45) is 1.94. The Kier molecular flexibility index (Phi) is 15.2. The number of nitrogens with zero attached hydrogens (tertiary/aromatic N) is 4. The van der Waals surface area contributed by atoms with E-state index in [2.05, 4.69) is 297 Å². The van der Waals surface area contributed by atoms with Gasteiger partial charge in [-0.15, -0.1) is 53.6 Å². The molecule has 0 atom stereocenters. The molecule has 10 rings (SSSR count). The molecule has 5 nitrogen and oxygen atoms in total. The fourth-order valence-corrected chi connectivity index (χ4v) is 11.1. The van der Waals surface area contributed by atoms with Crippen molar-refractivity contribution in [2.24, 2.45) is 0 Å². The van der Waals surface area contributed by atoms with Gasteiger partial charge in [-0.25, -0.2) is 4.98 Å². The van der Waals surface area contributed by atoms with E-state index in [-0.39, 0.29) is 60.0 Å². The zero-order chi connectivity index (χ0) is 56.0. The van der Waals surface area contributed by atoms with Crippen LogP contribution in [0.2, 0.25) is 0 Å². The predicted molar refractivity (Wildman–Crippen MR) is 331 cm³/mol. The van der Waals surface area contributed by atoms with E-state index in [9.17, 15) is 0 Å². The van der Waals surface area contributed by atoms with Gasteiger partial charge in [-0.05, 0) is 131 Å². The first-order chi connectivity index (χ1) is 36.6. The minimum atomic E-state index is -0.228. The molecule has 0 bridgehead atoms. The van der Waals surface area contributed by atoms with Crippen LogP contribution in [0.1, 0.15) is 181 Å². The van der Waals surface area contributed by atoms with Gasteiger partial charge in [0.2, 0.25) is 0 Å². The van der Waals surface area contributed by atoms with Crippen molar-refractivity contribution in [3.63, 3.8) is 0 Å². The Morgan fingerprint density at radius 3 is 1.70 bits per heavy atom. The molecule has 0 amide bonds. The molecular formula is C73H81N4OPt-3. The Hall–Kier alpha value is -6.42. The summed E-state index contributed by atoms with van der Waals surface area (Å²) < 4.78 is 9.49. The standard InChI is InChI=1S/C73H81N4O.Pt/c1-46(2)59-25-22-26-60(47(3)4)68(59)48-35-55(75-45-76(66-41-50(69(5,6)7)27-32-64(66)75)56-38-53(71(11,12)13)37-54(39-56)72(14,15)16)43-58(36-48)78-57-29-30-61-62-40-52(73(17,18)49-23-20-19-21-24-49)28-31-63(62)77(65(61)44-57)67-42-51(33-34-74-67)70(8,9)10;/h19-42,45-47H,1-18H3;/q-3;. The molecule has 9 aromatic rings. The summed E-state index contributed by atoms with van der Waals surface area (Å²) in [5, 5.41) is 2.23. The Bertz CT molecular complexity index is 3660. The molecule has 7 aromatic carbocycles. The molecule has 1 aliphatic rings. The molecule has 3 heterocycles. The van der Waals surface area contributed by atoms with Crippen LogP contribution in [0, 0.1) is 18.8 Å². The van der Waals surface area contributed by atoms with Gasteiger partial charge in [-0.3, -0.25) is 0 Å². The minimum absolute atomic E-state index is 0. The van der Waals surface area contributed by atoms with Crippen LogP contribution < -0.4 is 14.5 Å². The van der Waals surface area contributed by atoms with Crippen molar-refractivity contribution in [3.8, 4) is 28.4 Å². The molecule has 0 saturated carbocycles. The van der Waals surface area contributed by atoms with Gasteiger partial charge in [0.15, 0.2) is 0 Å². The summed E-state index contributed by atoms with van der Waals surface area (Å²) in [7, 11) is 0. The first kappa shape index (κ1) is 57.3. The van der Waals surface area contributed by atoms with Gasteiger partial charge in [0.25, 0.3) is 0 Å². The largest absolute Gasteiger partial charge is 0.509 e. The fraction of sp³-hybridized carbons (Fsp3) is 0.342. The van der Waals surface area contributed by atoms with E-state index in [1.807, 2.05) is 6.20 Å². The van der Waals surface area contributed by atoms with Gasteiger partial charge in [0.05, 0.1) is 0 Å². The zero-order valence-electron chi connectivity index (χ0n) is 50.1. The van der Waals surface area contributed by atoms with E-state index in [1.54, 1.807) is 0 Å². The molecule has 6 heteroatoms. The van der Waals surface area contributed by atoms with E-state index < -0.39 is 0 Å². The molecule has 0 fully saturated rings. The number of fused-ring (bicyclic) bond motifs is 4. The number of hydrogen-bond donors (Lipinski definition) is 0. The predicted octanol–water partition coefficient (Wildman–Crippen LogP) is 20.4. The van der Waals surface area contributed by atoms with E-state index in [0.717, 1.165) is 55.9 Å². The van der Waals surface area contributed by atoms with Gasteiger partial charge in [0, 0.05) is 66.8 Å². The van der Waals surface area contributed by atoms with E-state index >= 15 is 0 Å². The Labute approximate surface area is 487 Å². The smallest absolute Gasteiger partial charge is 0.135 e. The maximum absolute atomic E-state index is 7.22. The average Bonchev–Trinajstić information content (AvgIpc) is 4.03. The number of hydrogen-bond acceptors (Lipinski definition) is 4. The van der Waals surface area contributed by atoms with Crippen molar-refractivity contribution in [1.82, 2.24) is 9.55 Å². The molecule has 0 N–H and O–H groups in total. The Balaban J connectivity index is 0.00000757. The maximum atomic E-state index is 7.22. The van der Waals surface area contributed by atoms with Gasteiger partial charge in [-0.1, -0.05) is 203 Å². The Morgan fingerprint density at radius 2 is 1.09 bits per heavy atom. The topological polar surface area (TPSA) is 33.5 Å². The fourth-order valence-electron chi connectivity index (χ4n) is 11.1. The van der Waals surface area contributed by atoms with Gasteiger partial charge >= 0.3 is 0 Å². The van der Waals surface area contributed by atoms with Crippen molar-refractivity contribution < 1.29 is 25.8 Å². The van der Waals surface area contributed by atoms with E-state index in [4.69, 9.17) is 9.72 Å². The number of ether oxygens (including phenoxy) is 1. The third-order valence-electron chi connectivity index (χ3n) is 16.2. The summed E-state index contributed by atoms with van der Waals surface area (Å²) in [6, 6.07) is 59.5. The van der Waals surface area contributed by atoms with Crippen LogP contribution in [0.25, 0.3) is 38.8 Å². The summed E-state index contributed by atoms with van der Waals surface area (Å²) in [5.41, 5.74) is 18.3. The van der Waals surface area contributed by atoms with Crippen LogP contribution in [0.15, 0.2) is 146 Å². The van der Waals surface area contributed by atoms with E-state index in [0.29, 0.717) is 11.5 Å². The van der Waals surface area contributed by atoms with Gasteiger partial charge in [-0.2, -0.15) is 6.07 Å². The minimum Gasteiger partial charge on any atom is -0.509 e. The SMILES string of the molecule is CC(C)c1cccc(C(C)C)c1-c1cc(Oc2[c-]c3c(cc2)c2cc(C(C)(C)c4ccccc4)ccc2n3-c2cc(C(C)(C)C)ccn2)[c-]c(N2[CH-]N(c3cc(C(C)(C)C)cc(C(C)(C)C)c3)c3cc(C(C)(C)C)ccc32)c1.[Pt]. The summed E-state index contributed by atoms with van der Waals surface area (Å²) in [6.45, 7) is 43.6. The molecule has 2 aromatic heterocycles. The van der Waals surface area contributed by atoms with Crippen molar-refractivity contribution in [2.75, 3.05) is 9.80 Å². The van der Waals surface area contributed by atoms with Crippen molar-refractivity contribution in [2.45, 2.75) is 164 Å². The molecule has 0 unspecified atom stereocenters. The number of pyridine rings is 1. The molecule has 0 saturated heterocycles. The second-order valence-corrected chi connectivity index (χ2v) is 27.2. The second-order valence-electron chi connectivity index (χ2n) is 27.2. The molecule has 412 valence electrons. The molecular weight excluding hydrogens is 1140 g/mol. The zero-order valence-corrected chi connectivity index (χ0v) is 52.4. The number of aromatic nitrogens is 2. The molecule has 0 aliphatic carbocycles. The Morgan fingerprint density at radius 1 is 0.481 bits per heavy atom. The first-order valence-electron chi connectivity index (χ1n) is 28.2. The van der Waals surface area contributed by atoms with Crippen LogP contribution >= 0.6 is 0 Å². The third kappa shape index (κ3) is 11.1. The molecule has 0 radical (unpaired) electrons. The third-order valence-corrected chi connectivity index (χ3v) is 16.2. The van der Waals surface area contributed by atoms with Crippen LogP contribution in [0.3, 0.4) is 0 Å². The second kappa shape index (κ2) is 20.9. The molecule has 0 spiro atoms. The number of anilines is 4. The molecule has 1 aliphatic heterocycles. The first-order valence-corrected chi connectivity index (χ1v) is 28.2. The van der Waals surface area contributed by atoms with E-state index in [1.165, 1.54) is 50.1 Å². The maximum Gasteiger partial charge on any atom is 0.135 e. The summed E-state index contributed by atoms with van der Waals surface area (Å²) in [4.78, 5) is 9.77. The number of benzene rings is 7. The van der Waals surface area contributed by atoms with Crippen LogP contribution in [0.5, 0.6) is 11.5 Å². The molecule has 79 heavy (non-hydrogen) atoms. The van der Waals surface area contributed by atoms with Crippen molar-refractivity contribution >= 4 is 44.6 Å². The average molecular weight is 1230 g/mol. The van der Waals surface area contributed by atoms with Crippen LogP contribution in [-0.4, -0.2) is 9.55 Å². The van der Waals surface area contributed by atoms with Crippen molar-refractivity contribution in [3.05, 3.63) is 209 Å². The number of rotatable bonds is 10. The van der Waals surface area contributed by atoms with Gasteiger partial charge in [0.1, 0.15) is 5.82 Å².